The normalized spacial score (nSPS) is 12.7. The van der Waals surface area contributed by atoms with Gasteiger partial charge >= 0.3 is 0 Å². The van der Waals surface area contributed by atoms with Crippen LogP contribution in [0, 0.1) is 39.4 Å². The predicted molar refractivity (Wildman–Crippen MR) is 300 cm³/mol. The highest BCUT2D eigenvalue weighted by atomic mass is 32.1. The van der Waals surface area contributed by atoms with Crippen LogP contribution in [0.1, 0.15) is 105 Å². The molecule has 0 bridgehead atoms. The Hall–Kier alpha value is -6.35. The Morgan fingerprint density at radius 3 is 1.75 bits per heavy atom. The third-order valence-corrected chi connectivity index (χ3v) is 12.6. The van der Waals surface area contributed by atoms with E-state index < -0.39 is 0 Å². The summed E-state index contributed by atoms with van der Waals surface area (Å²) in [6.45, 7) is 37.5. The van der Waals surface area contributed by atoms with Crippen LogP contribution in [0.4, 0.5) is 4.39 Å². The van der Waals surface area contributed by atoms with Crippen LogP contribution in [0.15, 0.2) is 178 Å². The molecule has 7 aromatic rings. The van der Waals surface area contributed by atoms with Gasteiger partial charge in [0.2, 0.25) is 0 Å². The molecule has 0 radical (unpaired) electrons. The van der Waals surface area contributed by atoms with Crippen molar-refractivity contribution >= 4 is 45.7 Å². The first kappa shape index (κ1) is 53.3. The minimum Gasteiger partial charge on any atom is -0.207 e. The van der Waals surface area contributed by atoms with E-state index in [1.54, 1.807) is 30.4 Å². The fourth-order valence-corrected chi connectivity index (χ4v) is 9.05. The molecule has 0 atom stereocenters. The summed E-state index contributed by atoms with van der Waals surface area (Å²) in [7, 11) is 0. The maximum absolute atomic E-state index is 13.3. The van der Waals surface area contributed by atoms with Gasteiger partial charge in [-0.2, -0.15) is 0 Å². The van der Waals surface area contributed by atoms with Gasteiger partial charge in [0.1, 0.15) is 5.82 Å². The standard InChI is InChI=1S/C21H22.C14H14S.C13H11F.C7H8.C6H8.C4H10/c1-7-15-14(4)12-19-20(16(15)8-2)17-10-9-13(3)11-18(17)21(19,5)6;1-4-11(5-2)14-10(3)15-13-9-7-6-8-12(13)14;1-10-7-8-12(9-13(10)14)11-5-3-2-4-6-11;1-7-5-3-2-4-6-7;1-2-4-6-5-3-1;1-4(2)3/h7-12H,1-2H2,3-6H3;4,6-9H,1,3,5H2,2H3;2-9H,1H3;2-6H,1H3;1-4H,5-6H2;4H,1-3H3/b;14-11-;;;;. The van der Waals surface area contributed by atoms with Crippen molar-refractivity contribution in [2.75, 3.05) is 0 Å². The molecule has 0 N–H and O–H groups in total. The number of thiophene rings is 1. The maximum Gasteiger partial charge on any atom is 0.126 e. The Labute approximate surface area is 407 Å². The van der Waals surface area contributed by atoms with E-state index in [9.17, 15) is 4.39 Å². The first-order valence-corrected chi connectivity index (χ1v) is 24.4. The highest BCUT2D eigenvalue weighted by Crippen LogP contribution is 2.51. The number of hydrogen-bond donors (Lipinski definition) is 0. The van der Waals surface area contributed by atoms with Crippen molar-refractivity contribution in [3.63, 3.8) is 0 Å². The molecule has 0 saturated carbocycles. The van der Waals surface area contributed by atoms with Crippen molar-refractivity contribution in [2.24, 2.45) is 5.92 Å². The van der Waals surface area contributed by atoms with Crippen molar-refractivity contribution in [1.29, 1.82) is 0 Å². The van der Waals surface area contributed by atoms with E-state index in [0.29, 0.717) is 5.56 Å². The molecule has 6 aromatic carbocycles. The second kappa shape index (κ2) is 26.1. The number of benzene rings is 6. The van der Waals surface area contributed by atoms with E-state index in [1.165, 1.54) is 83.8 Å². The van der Waals surface area contributed by atoms with E-state index in [4.69, 9.17) is 0 Å². The highest BCUT2D eigenvalue weighted by molar-refractivity contribution is 7.17. The van der Waals surface area contributed by atoms with E-state index >= 15 is 0 Å². The van der Waals surface area contributed by atoms with Crippen LogP contribution in [0.2, 0.25) is 0 Å². The molecule has 2 aliphatic carbocycles. The molecule has 2 heteroatoms. The lowest BCUT2D eigenvalue weighted by molar-refractivity contribution is 0.619. The van der Waals surface area contributed by atoms with Crippen molar-refractivity contribution in [1.82, 2.24) is 0 Å². The lowest BCUT2D eigenvalue weighted by Gasteiger charge is -2.23. The van der Waals surface area contributed by atoms with Gasteiger partial charge in [-0.05, 0) is 126 Å². The van der Waals surface area contributed by atoms with Crippen LogP contribution in [0.5, 0.6) is 0 Å². The number of fused-ring (bicyclic) bond motifs is 4. The van der Waals surface area contributed by atoms with Crippen LogP contribution in [0.25, 0.3) is 56.6 Å². The second-order valence-electron chi connectivity index (χ2n) is 18.2. The number of aryl methyl sites for hydroxylation is 4. The zero-order valence-electron chi connectivity index (χ0n) is 42.0. The molecule has 0 unspecified atom stereocenters. The Kier molecular flexibility index (Phi) is 20.8. The Morgan fingerprint density at radius 1 is 0.657 bits per heavy atom. The molecular formula is C65H73FS. The fourth-order valence-electron chi connectivity index (χ4n) is 8.01. The molecule has 0 amide bonds. The van der Waals surface area contributed by atoms with Gasteiger partial charge in [0.15, 0.2) is 0 Å². The van der Waals surface area contributed by atoms with E-state index in [-0.39, 0.29) is 11.2 Å². The number of rotatable bonds is 5. The van der Waals surface area contributed by atoms with Crippen LogP contribution in [-0.2, 0) is 5.41 Å². The first-order chi connectivity index (χ1) is 32.1. The summed E-state index contributed by atoms with van der Waals surface area (Å²) in [5.41, 5.74) is 15.8. The smallest absolute Gasteiger partial charge is 0.126 e. The summed E-state index contributed by atoms with van der Waals surface area (Å²) >= 11 is 1.76. The predicted octanol–water partition coefficient (Wildman–Crippen LogP) is 18.3. The van der Waals surface area contributed by atoms with Crippen molar-refractivity contribution in [2.45, 2.75) is 93.9 Å². The van der Waals surface area contributed by atoms with E-state index in [2.05, 4.69) is 174 Å². The molecule has 1 heterocycles. The molecule has 346 valence electrons. The lowest BCUT2D eigenvalue weighted by atomic mass is 9.80. The molecule has 0 nitrogen and oxygen atoms in total. The Balaban J connectivity index is 0.000000189. The molecule has 9 rings (SSSR count). The van der Waals surface area contributed by atoms with Crippen molar-refractivity contribution in [3.05, 3.63) is 238 Å². The molecule has 0 fully saturated rings. The van der Waals surface area contributed by atoms with Gasteiger partial charge in [-0.1, -0.05) is 237 Å². The van der Waals surface area contributed by atoms with Crippen LogP contribution < -0.4 is 9.75 Å². The third kappa shape index (κ3) is 14.6. The van der Waals surface area contributed by atoms with E-state index in [0.717, 1.165) is 28.0 Å². The van der Waals surface area contributed by atoms with Crippen LogP contribution >= 0.6 is 11.3 Å². The lowest BCUT2D eigenvalue weighted by Crippen LogP contribution is -2.19. The summed E-state index contributed by atoms with van der Waals surface area (Å²) in [4.78, 5) is 0. The van der Waals surface area contributed by atoms with Crippen molar-refractivity contribution in [3.8, 4) is 22.3 Å². The number of hydrogen-bond acceptors (Lipinski definition) is 1. The quantitative estimate of drug-likeness (QED) is 0.161. The van der Waals surface area contributed by atoms with Crippen LogP contribution in [-0.4, -0.2) is 0 Å². The molecule has 67 heavy (non-hydrogen) atoms. The highest BCUT2D eigenvalue weighted by Gasteiger charge is 2.37. The fraction of sp³-hybridized carbons (Fsp3) is 0.231. The molecule has 0 spiro atoms. The minimum absolute atomic E-state index is 0.0406. The maximum atomic E-state index is 13.3. The summed E-state index contributed by atoms with van der Waals surface area (Å²) in [5.74, 6) is 0.686. The largest absolute Gasteiger partial charge is 0.207 e. The number of halogens is 1. The SMILES string of the molecule is C1=CCCC=C1.C=C/C(CC)=c1\c(=C)sc2ccccc12.C=Cc1c(C)cc2c(c1C=C)-c1ccc(C)cc1C2(C)C.CC(C)C.Cc1ccc(-c2ccccc2)cc1F.Cc1ccccc1. The Morgan fingerprint density at radius 2 is 1.24 bits per heavy atom. The third-order valence-electron chi connectivity index (χ3n) is 11.5. The van der Waals surface area contributed by atoms with Gasteiger partial charge in [-0.3, -0.25) is 0 Å². The van der Waals surface area contributed by atoms with E-state index in [1.807, 2.05) is 72.8 Å². The van der Waals surface area contributed by atoms with Gasteiger partial charge in [0.25, 0.3) is 0 Å². The zero-order valence-corrected chi connectivity index (χ0v) is 42.8. The number of allylic oxidation sites excluding steroid dienone is 5. The molecule has 0 aliphatic heterocycles. The average Bonchev–Trinajstić information content (AvgIpc) is 3.77. The van der Waals surface area contributed by atoms with Gasteiger partial charge in [-0.15, -0.1) is 11.3 Å². The van der Waals surface area contributed by atoms with Gasteiger partial charge in [0.05, 0.1) is 0 Å². The molecular weight excluding hydrogens is 832 g/mol. The Bertz CT molecular complexity index is 2890. The van der Waals surface area contributed by atoms with Crippen molar-refractivity contribution < 1.29 is 4.39 Å². The summed E-state index contributed by atoms with van der Waals surface area (Å²) in [6.07, 6.45) is 17.9. The average molecular weight is 905 g/mol. The summed E-state index contributed by atoms with van der Waals surface area (Å²) < 4.78 is 15.7. The summed E-state index contributed by atoms with van der Waals surface area (Å²) in [5, 5.41) is 2.59. The summed E-state index contributed by atoms with van der Waals surface area (Å²) in [6, 6.07) is 43.0. The minimum atomic E-state index is -0.147. The first-order valence-electron chi connectivity index (χ1n) is 23.6. The molecule has 2 aliphatic rings. The topological polar surface area (TPSA) is 0 Å². The zero-order chi connectivity index (χ0) is 49.1. The van der Waals surface area contributed by atoms with Gasteiger partial charge in [0, 0.05) is 25.3 Å². The van der Waals surface area contributed by atoms with Crippen LogP contribution in [0.3, 0.4) is 0 Å². The second-order valence-corrected chi connectivity index (χ2v) is 19.3. The van der Waals surface area contributed by atoms with Gasteiger partial charge in [-0.25, -0.2) is 4.39 Å². The molecule has 1 aromatic heterocycles. The molecule has 0 saturated heterocycles. The monoisotopic (exact) mass is 905 g/mol. The van der Waals surface area contributed by atoms with Gasteiger partial charge < -0.3 is 0 Å².